The van der Waals surface area contributed by atoms with Crippen LogP contribution in [0.2, 0.25) is 0 Å². The molecule has 35 heavy (non-hydrogen) atoms. The van der Waals surface area contributed by atoms with Crippen LogP contribution in [0, 0.1) is 12.3 Å². The number of aromatic nitrogens is 2. The third-order valence-corrected chi connectivity index (χ3v) is 5.39. The van der Waals surface area contributed by atoms with Gasteiger partial charge in [0.1, 0.15) is 23.0 Å². The molecule has 9 nitrogen and oxygen atoms in total. The molecule has 0 aliphatic heterocycles. The molecule has 0 radical (unpaired) electrons. The zero-order valence-electron chi connectivity index (χ0n) is 18.6. The smallest absolute Gasteiger partial charge is 0.274 e. The van der Waals surface area contributed by atoms with E-state index in [1.807, 2.05) is 0 Å². The number of hydrogen-bond donors (Lipinski definition) is 3. The first kappa shape index (κ1) is 23.5. The summed E-state index contributed by atoms with van der Waals surface area (Å²) in [6.45, 7) is 1.78. The molecular weight excluding hydrogens is 466 g/mol. The van der Waals surface area contributed by atoms with Crippen LogP contribution >= 0.6 is 0 Å². The topological polar surface area (TPSA) is 140 Å². The van der Waals surface area contributed by atoms with Crippen LogP contribution in [0.1, 0.15) is 27.3 Å². The molecule has 0 spiro atoms. The Labute approximate surface area is 202 Å². The third-order valence-electron chi connectivity index (χ3n) is 4.95. The molecule has 1 aromatic heterocycles. The molecule has 0 saturated carbocycles. The number of rotatable bonds is 7. The largest absolute Gasteiger partial charge is 0.457 e. The maximum absolute atomic E-state index is 13.0. The predicted octanol–water partition coefficient (Wildman–Crippen LogP) is 3.54. The van der Waals surface area contributed by atoms with Crippen molar-refractivity contribution in [3.8, 4) is 17.2 Å². The molecule has 10 heteroatoms. The molecular formula is C25H21N5O4S. The summed E-state index contributed by atoms with van der Waals surface area (Å²) >= 11 is 0. The zero-order valence-corrected chi connectivity index (χ0v) is 19.4. The van der Waals surface area contributed by atoms with Gasteiger partial charge in [-0.05, 0) is 55.5 Å². The van der Waals surface area contributed by atoms with Crippen LogP contribution in [0.4, 0.5) is 5.69 Å². The lowest BCUT2D eigenvalue weighted by Crippen LogP contribution is -2.17. The lowest BCUT2D eigenvalue weighted by atomic mass is 10.2. The highest BCUT2D eigenvalue weighted by molar-refractivity contribution is 7.71. The first-order chi connectivity index (χ1) is 16.8. The standard InChI is InChI=1S/C25H21N5O4S/c1-16-13-22(30(29-16)20-7-4-6-17(14-20)24(26)27)25(31)28-19-9-11-21(12-10-19)34-23-8-3-2-5-18(23)15-35(32)33/h2-15H,1H3,(H3,26,27)(H,28,31). The van der Waals surface area contributed by atoms with E-state index in [1.54, 1.807) is 85.8 Å². The molecule has 0 unspecified atom stereocenters. The molecule has 0 fully saturated rings. The molecule has 1 amide bonds. The number of nitrogen functional groups attached to an aromatic ring is 1. The number of carbonyl (C=O) groups excluding carboxylic acids is 1. The summed E-state index contributed by atoms with van der Waals surface area (Å²) in [5.74, 6) is 0.416. The number of hydrogen-bond acceptors (Lipinski definition) is 6. The van der Waals surface area contributed by atoms with Crippen molar-refractivity contribution in [3.05, 3.63) is 101 Å². The maximum Gasteiger partial charge on any atom is 0.274 e. The average molecular weight is 488 g/mol. The van der Waals surface area contributed by atoms with E-state index in [0.29, 0.717) is 45.4 Å². The van der Waals surface area contributed by atoms with E-state index < -0.39 is 10.3 Å². The van der Waals surface area contributed by atoms with E-state index in [4.69, 9.17) is 15.9 Å². The number of aryl methyl sites for hydroxylation is 1. The second kappa shape index (κ2) is 10.1. The minimum atomic E-state index is -2.36. The van der Waals surface area contributed by atoms with Gasteiger partial charge in [-0.2, -0.15) is 13.5 Å². The number of carbonyl (C=O) groups is 1. The van der Waals surface area contributed by atoms with Crippen LogP contribution in [0.3, 0.4) is 0 Å². The van der Waals surface area contributed by atoms with Crippen molar-refractivity contribution in [2.24, 2.45) is 5.73 Å². The van der Waals surface area contributed by atoms with Gasteiger partial charge >= 0.3 is 0 Å². The molecule has 4 rings (SSSR count). The van der Waals surface area contributed by atoms with Gasteiger partial charge in [-0.1, -0.05) is 30.3 Å². The quantitative estimate of drug-likeness (QED) is 0.207. The van der Waals surface area contributed by atoms with Crippen molar-refractivity contribution < 1.29 is 17.9 Å². The molecule has 4 N–H and O–H groups in total. The van der Waals surface area contributed by atoms with Gasteiger partial charge in [-0.3, -0.25) is 10.2 Å². The Morgan fingerprint density at radius 1 is 1.06 bits per heavy atom. The minimum Gasteiger partial charge on any atom is -0.457 e. The van der Waals surface area contributed by atoms with Gasteiger partial charge in [0.15, 0.2) is 0 Å². The average Bonchev–Trinajstić information content (AvgIpc) is 3.23. The number of nitrogens with zero attached hydrogens (tertiary/aromatic N) is 2. The van der Waals surface area contributed by atoms with Gasteiger partial charge < -0.3 is 15.8 Å². The van der Waals surface area contributed by atoms with Crippen LogP contribution in [-0.2, 0) is 10.3 Å². The van der Waals surface area contributed by atoms with Crippen molar-refractivity contribution in [3.63, 3.8) is 0 Å². The van der Waals surface area contributed by atoms with Crippen molar-refractivity contribution in [1.29, 1.82) is 5.41 Å². The first-order valence-electron chi connectivity index (χ1n) is 10.4. The maximum atomic E-state index is 13.0. The Balaban J connectivity index is 1.53. The van der Waals surface area contributed by atoms with Gasteiger partial charge in [-0.25, -0.2) is 4.68 Å². The predicted molar refractivity (Wildman–Crippen MR) is 134 cm³/mol. The Morgan fingerprint density at radius 2 is 1.80 bits per heavy atom. The molecule has 0 bridgehead atoms. The Bertz CT molecular complexity index is 1550. The van der Waals surface area contributed by atoms with Gasteiger partial charge in [-0.15, -0.1) is 0 Å². The molecule has 0 saturated heterocycles. The van der Waals surface area contributed by atoms with E-state index in [-0.39, 0.29) is 11.7 Å². The third kappa shape index (κ3) is 5.63. The normalized spacial score (nSPS) is 10.4. The van der Waals surface area contributed by atoms with Crippen molar-refractivity contribution in [2.75, 3.05) is 5.32 Å². The fraction of sp³-hybridized carbons (Fsp3) is 0.0400. The van der Waals surface area contributed by atoms with E-state index in [0.717, 1.165) is 5.37 Å². The monoisotopic (exact) mass is 487 g/mol. The second-order valence-corrected chi connectivity index (χ2v) is 8.30. The lowest BCUT2D eigenvalue weighted by molar-refractivity contribution is 0.101. The number of ether oxygens (including phenoxy) is 1. The molecule has 176 valence electrons. The second-order valence-electron chi connectivity index (χ2n) is 7.54. The Kier molecular flexibility index (Phi) is 6.74. The number of nitrogens with two attached hydrogens (primary N) is 1. The summed E-state index contributed by atoms with van der Waals surface area (Å²) in [6.07, 6.45) is 0. The van der Waals surface area contributed by atoms with Gasteiger partial charge in [0.25, 0.3) is 5.91 Å². The lowest BCUT2D eigenvalue weighted by Gasteiger charge is -2.11. The fourth-order valence-corrected chi connectivity index (χ4v) is 3.77. The summed E-state index contributed by atoms with van der Waals surface area (Å²) in [4.78, 5) is 13.0. The van der Waals surface area contributed by atoms with Gasteiger partial charge in [0, 0.05) is 16.8 Å². The number of para-hydroxylation sites is 1. The minimum absolute atomic E-state index is 0.0779. The van der Waals surface area contributed by atoms with Crippen LogP contribution in [0.25, 0.3) is 5.69 Å². The highest BCUT2D eigenvalue weighted by Gasteiger charge is 2.16. The van der Waals surface area contributed by atoms with E-state index in [2.05, 4.69) is 10.4 Å². The number of amides is 1. The van der Waals surface area contributed by atoms with Gasteiger partial charge in [0.2, 0.25) is 10.3 Å². The Hall–Kier alpha value is -4.70. The van der Waals surface area contributed by atoms with Gasteiger partial charge in [0.05, 0.1) is 16.7 Å². The highest BCUT2D eigenvalue weighted by Crippen LogP contribution is 2.26. The molecule has 0 aliphatic rings. The van der Waals surface area contributed by atoms with Crippen molar-refractivity contribution >= 4 is 33.1 Å². The van der Waals surface area contributed by atoms with Crippen molar-refractivity contribution in [1.82, 2.24) is 9.78 Å². The Morgan fingerprint density at radius 3 is 2.51 bits per heavy atom. The summed E-state index contributed by atoms with van der Waals surface area (Å²) in [7, 11) is -2.36. The molecule has 0 atom stereocenters. The molecule has 0 aliphatic carbocycles. The van der Waals surface area contributed by atoms with Crippen LogP contribution in [-0.4, -0.2) is 35.3 Å². The van der Waals surface area contributed by atoms with E-state index in [1.165, 1.54) is 4.68 Å². The van der Waals surface area contributed by atoms with Crippen LogP contribution in [0.5, 0.6) is 11.5 Å². The number of amidine groups is 1. The first-order valence-corrected chi connectivity index (χ1v) is 11.6. The number of nitrogens with one attached hydrogen (secondary N) is 2. The fourth-order valence-electron chi connectivity index (χ4n) is 3.37. The summed E-state index contributed by atoms with van der Waals surface area (Å²) < 4.78 is 29.4. The number of anilines is 1. The number of benzene rings is 3. The van der Waals surface area contributed by atoms with Crippen molar-refractivity contribution in [2.45, 2.75) is 6.92 Å². The van der Waals surface area contributed by atoms with E-state index >= 15 is 0 Å². The summed E-state index contributed by atoms with van der Waals surface area (Å²) in [5.41, 5.74) is 8.65. The van der Waals surface area contributed by atoms with Crippen LogP contribution < -0.4 is 15.8 Å². The summed E-state index contributed by atoms with van der Waals surface area (Å²) in [5, 5.41) is 16.0. The summed E-state index contributed by atoms with van der Waals surface area (Å²) in [6, 6.07) is 22.0. The molecule has 1 heterocycles. The zero-order chi connectivity index (χ0) is 24.9. The van der Waals surface area contributed by atoms with E-state index in [9.17, 15) is 13.2 Å². The highest BCUT2D eigenvalue weighted by atomic mass is 32.2. The van der Waals surface area contributed by atoms with Crippen LogP contribution in [0.15, 0.2) is 78.9 Å². The molecule has 4 aromatic rings. The SMILES string of the molecule is Cc1cc(C(=O)Nc2ccc(Oc3ccccc3C=S(=O)=O)cc2)n(-c2cccc(C(=N)N)c2)n1. The molecule has 3 aromatic carbocycles.